The average molecular weight is 283 g/mol. The zero-order valence-electron chi connectivity index (χ0n) is 10.5. The Labute approximate surface area is 115 Å². The van der Waals surface area contributed by atoms with Gasteiger partial charge in [0.05, 0.1) is 5.56 Å². The van der Waals surface area contributed by atoms with E-state index in [0.29, 0.717) is 5.56 Å². The standard InChI is InChI=1S/C13H17NO4S/c15-10(13(17)18)5-6-14-12(16)9-7-19-11-4-2-1-3-8(9)11/h7,10,15H,1-6H2,(H,14,16)(H,17,18)/t10-/m0/s1. The predicted molar refractivity (Wildman–Crippen MR) is 71.6 cm³/mol. The van der Waals surface area contributed by atoms with Crippen molar-refractivity contribution in [1.82, 2.24) is 5.32 Å². The van der Waals surface area contributed by atoms with E-state index < -0.39 is 12.1 Å². The third kappa shape index (κ3) is 3.33. The van der Waals surface area contributed by atoms with Crippen molar-refractivity contribution in [3.8, 4) is 0 Å². The normalized spacial score (nSPS) is 15.6. The maximum Gasteiger partial charge on any atom is 0.332 e. The van der Waals surface area contributed by atoms with Crippen LogP contribution in [0.25, 0.3) is 0 Å². The summed E-state index contributed by atoms with van der Waals surface area (Å²) in [5.41, 5.74) is 1.86. The Kier molecular flexibility index (Phi) is 4.55. The Morgan fingerprint density at radius 2 is 2.11 bits per heavy atom. The molecule has 5 nitrogen and oxygen atoms in total. The number of carbonyl (C=O) groups is 2. The molecule has 19 heavy (non-hydrogen) atoms. The van der Waals surface area contributed by atoms with Crippen LogP contribution < -0.4 is 5.32 Å². The largest absolute Gasteiger partial charge is 0.479 e. The van der Waals surface area contributed by atoms with Crippen LogP contribution in [-0.2, 0) is 17.6 Å². The van der Waals surface area contributed by atoms with Gasteiger partial charge >= 0.3 is 5.97 Å². The first-order valence-corrected chi connectivity index (χ1v) is 7.26. The van der Waals surface area contributed by atoms with Gasteiger partial charge in [-0.25, -0.2) is 4.79 Å². The van der Waals surface area contributed by atoms with Gasteiger partial charge in [-0.2, -0.15) is 0 Å². The fourth-order valence-electron chi connectivity index (χ4n) is 2.23. The molecule has 1 aromatic rings. The molecule has 0 unspecified atom stereocenters. The molecule has 0 aliphatic heterocycles. The van der Waals surface area contributed by atoms with Crippen molar-refractivity contribution in [2.45, 2.75) is 38.2 Å². The summed E-state index contributed by atoms with van der Waals surface area (Å²) in [7, 11) is 0. The first kappa shape index (κ1) is 14.0. The molecule has 1 aromatic heterocycles. The molecule has 1 amide bonds. The summed E-state index contributed by atoms with van der Waals surface area (Å²) in [6.07, 6.45) is 2.88. The number of amides is 1. The SMILES string of the molecule is O=C(NCC[C@H](O)C(=O)O)c1csc2c1CCCC2. The molecular formula is C13H17NO4S. The first-order valence-electron chi connectivity index (χ1n) is 6.38. The summed E-state index contributed by atoms with van der Waals surface area (Å²) in [6.45, 7) is 0.164. The molecule has 2 rings (SSSR count). The van der Waals surface area contributed by atoms with Gasteiger partial charge in [0.1, 0.15) is 0 Å². The molecular weight excluding hydrogens is 266 g/mol. The van der Waals surface area contributed by atoms with Gasteiger partial charge in [0.15, 0.2) is 6.10 Å². The topological polar surface area (TPSA) is 86.6 Å². The van der Waals surface area contributed by atoms with Crippen molar-refractivity contribution in [3.63, 3.8) is 0 Å². The van der Waals surface area contributed by atoms with Gasteiger partial charge in [0.25, 0.3) is 5.91 Å². The van der Waals surface area contributed by atoms with Crippen LogP contribution in [0.2, 0.25) is 0 Å². The molecule has 1 heterocycles. The number of aliphatic hydroxyl groups is 1. The minimum absolute atomic E-state index is 0.0212. The fourth-order valence-corrected chi connectivity index (χ4v) is 3.35. The van der Waals surface area contributed by atoms with E-state index in [9.17, 15) is 9.59 Å². The van der Waals surface area contributed by atoms with Gasteiger partial charge in [0.2, 0.25) is 0 Å². The average Bonchev–Trinajstić information content (AvgIpc) is 2.82. The number of hydrogen-bond acceptors (Lipinski definition) is 4. The van der Waals surface area contributed by atoms with Crippen LogP contribution in [0.1, 0.15) is 40.1 Å². The van der Waals surface area contributed by atoms with Crippen molar-refractivity contribution >= 4 is 23.2 Å². The highest BCUT2D eigenvalue weighted by molar-refractivity contribution is 7.10. The van der Waals surface area contributed by atoms with Crippen LogP contribution >= 0.6 is 11.3 Å². The summed E-state index contributed by atoms with van der Waals surface area (Å²) in [5, 5.41) is 22.2. The monoisotopic (exact) mass is 283 g/mol. The summed E-state index contributed by atoms with van der Waals surface area (Å²) < 4.78 is 0. The lowest BCUT2D eigenvalue weighted by atomic mass is 9.95. The van der Waals surface area contributed by atoms with E-state index in [-0.39, 0.29) is 18.9 Å². The van der Waals surface area contributed by atoms with Crippen LogP contribution in [0.5, 0.6) is 0 Å². The van der Waals surface area contributed by atoms with Gasteiger partial charge in [0, 0.05) is 23.2 Å². The molecule has 0 aromatic carbocycles. The second kappa shape index (κ2) is 6.16. The van der Waals surface area contributed by atoms with Gasteiger partial charge in [-0.1, -0.05) is 0 Å². The van der Waals surface area contributed by atoms with Gasteiger partial charge in [-0.15, -0.1) is 11.3 Å². The zero-order chi connectivity index (χ0) is 13.8. The molecule has 1 aliphatic carbocycles. The minimum atomic E-state index is -1.42. The maximum absolute atomic E-state index is 12.0. The molecule has 0 fully saturated rings. The Balaban J connectivity index is 1.90. The van der Waals surface area contributed by atoms with E-state index in [2.05, 4.69) is 5.32 Å². The third-order valence-electron chi connectivity index (χ3n) is 3.29. The Bertz CT molecular complexity index is 483. The van der Waals surface area contributed by atoms with Gasteiger partial charge in [-0.3, -0.25) is 4.79 Å². The molecule has 0 saturated heterocycles. The van der Waals surface area contributed by atoms with E-state index in [1.54, 1.807) is 11.3 Å². The highest BCUT2D eigenvalue weighted by Gasteiger charge is 2.20. The van der Waals surface area contributed by atoms with Gasteiger partial charge < -0.3 is 15.5 Å². The summed E-state index contributed by atoms with van der Waals surface area (Å²) in [5.74, 6) is -1.43. The fraction of sp³-hybridized carbons (Fsp3) is 0.538. The number of hydrogen-bond donors (Lipinski definition) is 3. The Morgan fingerprint density at radius 3 is 2.84 bits per heavy atom. The maximum atomic E-state index is 12.0. The van der Waals surface area contributed by atoms with E-state index >= 15 is 0 Å². The van der Waals surface area contributed by atoms with Crippen molar-refractivity contribution in [2.75, 3.05) is 6.54 Å². The van der Waals surface area contributed by atoms with E-state index in [4.69, 9.17) is 10.2 Å². The number of carboxylic acids is 1. The van der Waals surface area contributed by atoms with Gasteiger partial charge in [-0.05, 0) is 31.2 Å². The lowest BCUT2D eigenvalue weighted by Gasteiger charge is -2.13. The summed E-state index contributed by atoms with van der Waals surface area (Å²) in [6, 6.07) is 0. The second-order valence-electron chi connectivity index (χ2n) is 4.66. The second-order valence-corrected chi connectivity index (χ2v) is 5.62. The smallest absolute Gasteiger partial charge is 0.332 e. The number of thiophene rings is 1. The summed E-state index contributed by atoms with van der Waals surface area (Å²) >= 11 is 1.62. The van der Waals surface area contributed by atoms with Crippen LogP contribution in [0.3, 0.4) is 0 Å². The van der Waals surface area contributed by atoms with Crippen LogP contribution in [-0.4, -0.2) is 34.7 Å². The molecule has 3 N–H and O–H groups in total. The molecule has 6 heteroatoms. The number of rotatable bonds is 5. The number of carbonyl (C=O) groups excluding carboxylic acids is 1. The van der Waals surface area contributed by atoms with E-state index in [0.717, 1.165) is 24.8 Å². The highest BCUT2D eigenvalue weighted by Crippen LogP contribution is 2.30. The lowest BCUT2D eigenvalue weighted by Crippen LogP contribution is -2.30. The van der Waals surface area contributed by atoms with Crippen molar-refractivity contribution in [3.05, 3.63) is 21.4 Å². The minimum Gasteiger partial charge on any atom is -0.479 e. The number of fused-ring (bicyclic) bond motifs is 1. The quantitative estimate of drug-likeness (QED) is 0.757. The number of aliphatic hydroxyl groups excluding tert-OH is 1. The van der Waals surface area contributed by atoms with E-state index in [1.165, 1.54) is 11.3 Å². The van der Waals surface area contributed by atoms with Crippen LogP contribution in [0.15, 0.2) is 5.38 Å². The lowest BCUT2D eigenvalue weighted by molar-refractivity contribution is -0.146. The van der Waals surface area contributed by atoms with Crippen LogP contribution in [0.4, 0.5) is 0 Å². The number of aryl methyl sites for hydroxylation is 1. The number of carboxylic acid groups (broad SMARTS) is 1. The van der Waals surface area contributed by atoms with Crippen LogP contribution in [0, 0.1) is 0 Å². The molecule has 104 valence electrons. The molecule has 0 radical (unpaired) electrons. The first-order chi connectivity index (χ1) is 9.09. The predicted octanol–water partition coefficient (Wildman–Crippen LogP) is 1.19. The Morgan fingerprint density at radius 1 is 1.37 bits per heavy atom. The van der Waals surface area contributed by atoms with Crippen molar-refractivity contribution < 1.29 is 19.8 Å². The zero-order valence-corrected chi connectivity index (χ0v) is 11.3. The molecule has 0 saturated carbocycles. The van der Waals surface area contributed by atoms with Crippen molar-refractivity contribution in [1.29, 1.82) is 0 Å². The molecule has 0 spiro atoms. The molecule has 1 atom stereocenters. The summed E-state index contributed by atoms with van der Waals surface area (Å²) in [4.78, 5) is 23.7. The van der Waals surface area contributed by atoms with Crippen molar-refractivity contribution in [2.24, 2.45) is 0 Å². The molecule has 1 aliphatic rings. The number of aliphatic carboxylic acids is 1. The molecule has 0 bridgehead atoms. The van der Waals surface area contributed by atoms with E-state index in [1.807, 2.05) is 5.38 Å². The third-order valence-corrected chi connectivity index (χ3v) is 4.38. The highest BCUT2D eigenvalue weighted by atomic mass is 32.1. The Hall–Kier alpha value is -1.40. The number of nitrogens with one attached hydrogen (secondary N) is 1.